The van der Waals surface area contributed by atoms with Gasteiger partial charge in [-0.25, -0.2) is 4.79 Å². The van der Waals surface area contributed by atoms with Crippen LogP contribution in [0.3, 0.4) is 0 Å². The molecule has 0 aliphatic heterocycles. The van der Waals surface area contributed by atoms with Gasteiger partial charge in [0.05, 0.1) is 5.69 Å². The van der Waals surface area contributed by atoms with Gasteiger partial charge in [0.15, 0.2) is 0 Å². The first-order valence-electron chi connectivity index (χ1n) is 9.04. The molecule has 146 valence electrons. The zero-order valence-corrected chi connectivity index (χ0v) is 16.1. The molecule has 0 unspecified atom stereocenters. The van der Waals surface area contributed by atoms with Crippen molar-refractivity contribution in [2.75, 3.05) is 5.32 Å². The minimum Gasteiger partial charge on any atom is -0.422 e. The Bertz CT molecular complexity index is 1470. The predicted molar refractivity (Wildman–Crippen MR) is 114 cm³/mol. The third-order valence-electron chi connectivity index (χ3n) is 4.58. The molecule has 0 saturated carbocycles. The Hall–Kier alpha value is -3.97. The van der Waals surface area contributed by atoms with Crippen LogP contribution in [0.4, 0.5) is 5.69 Å². The van der Waals surface area contributed by atoms with Crippen LogP contribution in [0.1, 0.15) is 10.4 Å². The Labute approximate surface area is 174 Å². The number of fused-ring (bicyclic) bond motifs is 2. The molecule has 0 saturated heterocycles. The van der Waals surface area contributed by atoms with Gasteiger partial charge in [-0.2, -0.15) is 4.80 Å². The average Bonchev–Trinajstić information content (AvgIpc) is 3.17. The van der Waals surface area contributed by atoms with E-state index < -0.39 is 11.5 Å². The van der Waals surface area contributed by atoms with Crippen LogP contribution in [0.25, 0.3) is 27.7 Å². The molecule has 0 bridgehead atoms. The van der Waals surface area contributed by atoms with E-state index in [0.29, 0.717) is 32.7 Å². The Balaban J connectivity index is 1.45. The van der Waals surface area contributed by atoms with Gasteiger partial charge in [-0.3, -0.25) is 4.79 Å². The van der Waals surface area contributed by atoms with Crippen molar-refractivity contribution in [3.8, 4) is 5.69 Å². The summed E-state index contributed by atoms with van der Waals surface area (Å²) in [6.07, 6.45) is 0. The number of aromatic nitrogens is 3. The minimum atomic E-state index is -0.694. The molecule has 8 heteroatoms. The van der Waals surface area contributed by atoms with E-state index in [1.54, 1.807) is 48.5 Å². The van der Waals surface area contributed by atoms with Crippen LogP contribution in [0, 0.1) is 0 Å². The lowest BCUT2D eigenvalue weighted by Crippen LogP contribution is -2.20. The van der Waals surface area contributed by atoms with E-state index in [4.69, 9.17) is 16.0 Å². The van der Waals surface area contributed by atoms with Crippen LogP contribution in [0.2, 0.25) is 5.02 Å². The molecule has 0 aliphatic rings. The fraction of sp³-hybridized carbons (Fsp3) is 0. The molecule has 3 aromatic carbocycles. The number of para-hydroxylation sites is 1. The van der Waals surface area contributed by atoms with Crippen molar-refractivity contribution >= 4 is 45.2 Å². The second kappa shape index (κ2) is 7.13. The smallest absolute Gasteiger partial charge is 0.349 e. The number of benzene rings is 3. The molecule has 0 atom stereocenters. The summed E-state index contributed by atoms with van der Waals surface area (Å²) in [5.74, 6) is -0.557. The molecular formula is C22H13ClN4O3. The Morgan fingerprint density at radius 3 is 2.53 bits per heavy atom. The fourth-order valence-corrected chi connectivity index (χ4v) is 3.23. The van der Waals surface area contributed by atoms with Gasteiger partial charge in [0, 0.05) is 16.1 Å². The number of hydrogen-bond acceptors (Lipinski definition) is 5. The van der Waals surface area contributed by atoms with Crippen LogP contribution >= 0.6 is 11.6 Å². The molecular weight excluding hydrogens is 404 g/mol. The molecule has 0 fully saturated rings. The third kappa shape index (κ3) is 3.31. The summed E-state index contributed by atoms with van der Waals surface area (Å²) in [6.45, 7) is 0. The van der Waals surface area contributed by atoms with Crippen molar-refractivity contribution in [3.63, 3.8) is 0 Å². The van der Waals surface area contributed by atoms with Crippen molar-refractivity contribution in [1.82, 2.24) is 15.0 Å². The van der Waals surface area contributed by atoms with Crippen molar-refractivity contribution in [1.29, 1.82) is 0 Å². The fourth-order valence-electron chi connectivity index (χ4n) is 3.10. The number of amides is 1. The average molecular weight is 417 g/mol. The number of carbonyl (C=O) groups is 1. The van der Waals surface area contributed by atoms with Crippen molar-refractivity contribution in [3.05, 3.63) is 93.8 Å². The van der Waals surface area contributed by atoms with Gasteiger partial charge >= 0.3 is 5.63 Å². The SMILES string of the molecule is O=C(Nc1ccc2nn(-c3ccc(Cl)cc3)nc2c1)c1cc2ccccc2oc1=O. The number of rotatable bonds is 3. The molecule has 30 heavy (non-hydrogen) atoms. The first-order chi connectivity index (χ1) is 14.6. The first kappa shape index (κ1) is 18.1. The van der Waals surface area contributed by atoms with Gasteiger partial charge in [0.2, 0.25) is 0 Å². The molecule has 2 heterocycles. The van der Waals surface area contributed by atoms with Crippen LogP contribution < -0.4 is 10.9 Å². The quantitative estimate of drug-likeness (QED) is 0.439. The third-order valence-corrected chi connectivity index (χ3v) is 4.83. The summed E-state index contributed by atoms with van der Waals surface area (Å²) in [7, 11) is 0. The zero-order chi connectivity index (χ0) is 20.7. The van der Waals surface area contributed by atoms with E-state index in [-0.39, 0.29) is 5.56 Å². The van der Waals surface area contributed by atoms with Crippen LogP contribution in [0.5, 0.6) is 0 Å². The van der Waals surface area contributed by atoms with E-state index in [0.717, 1.165) is 5.69 Å². The molecule has 1 amide bonds. The summed E-state index contributed by atoms with van der Waals surface area (Å²) < 4.78 is 5.23. The van der Waals surface area contributed by atoms with Gasteiger partial charge in [0.25, 0.3) is 5.91 Å². The second-order valence-electron chi connectivity index (χ2n) is 6.61. The molecule has 0 aliphatic carbocycles. The predicted octanol–water partition coefficient (Wildman–Crippen LogP) is 4.43. The second-order valence-corrected chi connectivity index (χ2v) is 7.05. The summed E-state index contributed by atoms with van der Waals surface area (Å²) >= 11 is 5.92. The zero-order valence-electron chi connectivity index (χ0n) is 15.4. The number of hydrogen-bond donors (Lipinski definition) is 1. The van der Waals surface area contributed by atoms with Gasteiger partial charge < -0.3 is 9.73 Å². The van der Waals surface area contributed by atoms with Gasteiger partial charge in [-0.1, -0.05) is 29.8 Å². The molecule has 1 N–H and O–H groups in total. The molecule has 0 spiro atoms. The normalized spacial score (nSPS) is 11.1. The number of anilines is 1. The summed E-state index contributed by atoms with van der Waals surface area (Å²) in [6, 6.07) is 20.8. The van der Waals surface area contributed by atoms with Crippen LogP contribution in [-0.4, -0.2) is 20.9 Å². The summed E-state index contributed by atoms with van der Waals surface area (Å²) in [4.78, 5) is 26.3. The standard InChI is InChI=1S/C22H13ClN4O3/c23-14-5-8-16(9-6-14)27-25-18-10-7-15(12-19(18)26-27)24-21(28)17-11-13-3-1-2-4-20(13)30-22(17)29/h1-12H,(H,24,28). The maximum absolute atomic E-state index is 12.6. The van der Waals surface area contributed by atoms with Gasteiger partial charge in [-0.15, -0.1) is 10.2 Å². The Morgan fingerprint density at radius 1 is 0.933 bits per heavy atom. The highest BCUT2D eigenvalue weighted by Gasteiger charge is 2.15. The van der Waals surface area contributed by atoms with E-state index in [2.05, 4.69) is 15.5 Å². The highest BCUT2D eigenvalue weighted by atomic mass is 35.5. The summed E-state index contributed by atoms with van der Waals surface area (Å²) in [5, 5.41) is 12.9. The molecule has 5 aromatic rings. The largest absolute Gasteiger partial charge is 0.422 e. The van der Waals surface area contributed by atoms with E-state index in [1.165, 1.54) is 10.9 Å². The van der Waals surface area contributed by atoms with Crippen LogP contribution in [0.15, 0.2) is 82.0 Å². The number of nitrogens with one attached hydrogen (secondary N) is 1. The van der Waals surface area contributed by atoms with E-state index in [9.17, 15) is 9.59 Å². The van der Waals surface area contributed by atoms with Gasteiger partial charge in [0.1, 0.15) is 22.2 Å². The first-order valence-corrected chi connectivity index (χ1v) is 9.42. The monoisotopic (exact) mass is 416 g/mol. The lowest BCUT2D eigenvalue weighted by atomic mass is 10.1. The van der Waals surface area contributed by atoms with Crippen molar-refractivity contribution in [2.45, 2.75) is 0 Å². The molecule has 0 radical (unpaired) electrons. The molecule has 2 aromatic heterocycles. The van der Waals surface area contributed by atoms with E-state index >= 15 is 0 Å². The Kier molecular flexibility index (Phi) is 4.30. The lowest BCUT2D eigenvalue weighted by Gasteiger charge is -2.05. The highest BCUT2D eigenvalue weighted by Crippen LogP contribution is 2.20. The molecule has 7 nitrogen and oxygen atoms in total. The number of carbonyl (C=O) groups excluding carboxylic acids is 1. The maximum atomic E-state index is 12.6. The van der Waals surface area contributed by atoms with E-state index in [1.807, 2.05) is 18.2 Å². The minimum absolute atomic E-state index is 0.0707. The topological polar surface area (TPSA) is 90.0 Å². The number of halogens is 1. The Morgan fingerprint density at radius 2 is 1.70 bits per heavy atom. The van der Waals surface area contributed by atoms with Crippen molar-refractivity contribution < 1.29 is 9.21 Å². The van der Waals surface area contributed by atoms with Crippen molar-refractivity contribution in [2.24, 2.45) is 0 Å². The number of nitrogens with zero attached hydrogens (tertiary/aromatic N) is 3. The highest BCUT2D eigenvalue weighted by molar-refractivity contribution is 6.30. The lowest BCUT2D eigenvalue weighted by molar-refractivity contribution is 0.102. The van der Waals surface area contributed by atoms with Gasteiger partial charge in [-0.05, 0) is 54.6 Å². The van der Waals surface area contributed by atoms with Crippen LogP contribution in [-0.2, 0) is 0 Å². The molecule has 5 rings (SSSR count). The summed E-state index contributed by atoms with van der Waals surface area (Å²) in [5.41, 5.74) is 2.17. The maximum Gasteiger partial charge on any atom is 0.349 e.